The standard InChI is InChI=1S/C21H14N2O6/c1-27-18-11-13(8-9-16(18)29-21(26)17-7-4-10-28-17)12-22-23-19(24)14-5-2-3-6-15(14)20(23)25/h2-12H,1H3/b22-12+. The van der Waals surface area contributed by atoms with E-state index in [-0.39, 0.29) is 17.3 Å². The van der Waals surface area contributed by atoms with Crippen molar-refractivity contribution >= 4 is 24.0 Å². The molecule has 0 fully saturated rings. The summed E-state index contributed by atoms with van der Waals surface area (Å²) in [7, 11) is 1.42. The van der Waals surface area contributed by atoms with Gasteiger partial charge in [0.05, 0.1) is 30.7 Å². The number of methoxy groups -OCH3 is 1. The molecule has 0 N–H and O–H groups in total. The van der Waals surface area contributed by atoms with Crippen molar-refractivity contribution in [2.75, 3.05) is 7.11 Å². The number of furan rings is 1. The molecule has 4 rings (SSSR count). The topological polar surface area (TPSA) is 98.4 Å². The van der Waals surface area contributed by atoms with Crippen LogP contribution in [0.15, 0.2) is 70.4 Å². The van der Waals surface area contributed by atoms with Gasteiger partial charge in [0.1, 0.15) is 0 Å². The number of carbonyl (C=O) groups is 3. The quantitative estimate of drug-likeness (QED) is 0.287. The van der Waals surface area contributed by atoms with Gasteiger partial charge in [-0.1, -0.05) is 12.1 Å². The zero-order valence-corrected chi connectivity index (χ0v) is 15.2. The summed E-state index contributed by atoms with van der Waals surface area (Å²) in [5.41, 5.74) is 1.16. The average molecular weight is 390 g/mol. The Balaban J connectivity index is 1.53. The first-order chi connectivity index (χ1) is 14.1. The molecule has 29 heavy (non-hydrogen) atoms. The van der Waals surface area contributed by atoms with Gasteiger partial charge < -0.3 is 13.9 Å². The third kappa shape index (κ3) is 3.39. The minimum absolute atomic E-state index is 0.0586. The number of amides is 2. The van der Waals surface area contributed by atoms with Crippen molar-refractivity contribution in [2.24, 2.45) is 5.10 Å². The fourth-order valence-electron chi connectivity index (χ4n) is 2.80. The van der Waals surface area contributed by atoms with E-state index in [1.165, 1.54) is 31.7 Å². The van der Waals surface area contributed by atoms with Crippen LogP contribution in [-0.2, 0) is 0 Å². The van der Waals surface area contributed by atoms with Crippen LogP contribution >= 0.6 is 0 Å². The molecular formula is C21H14N2O6. The predicted molar refractivity (Wildman–Crippen MR) is 101 cm³/mol. The van der Waals surface area contributed by atoms with E-state index in [0.29, 0.717) is 16.7 Å². The van der Waals surface area contributed by atoms with Gasteiger partial charge in [0.2, 0.25) is 5.76 Å². The van der Waals surface area contributed by atoms with Crippen LogP contribution in [0.4, 0.5) is 0 Å². The largest absolute Gasteiger partial charge is 0.493 e. The van der Waals surface area contributed by atoms with Crippen molar-refractivity contribution < 1.29 is 28.3 Å². The molecule has 8 nitrogen and oxygen atoms in total. The SMILES string of the molecule is COc1cc(/C=N/N2C(=O)c3ccccc3C2=O)ccc1OC(=O)c1ccco1. The molecule has 0 radical (unpaired) electrons. The molecule has 1 aliphatic heterocycles. The molecule has 3 aromatic rings. The van der Waals surface area contributed by atoms with Crippen LogP contribution in [0.25, 0.3) is 0 Å². The molecule has 8 heteroatoms. The van der Waals surface area contributed by atoms with Crippen molar-refractivity contribution in [3.05, 3.63) is 83.3 Å². The van der Waals surface area contributed by atoms with Crippen molar-refractivity contribution in [1.29, 1.82) is 0 Å². The zero-order chi connectivity index (χ0) is 20.4. The fraction of sp³-hybridized carbons (Fsp3) is 0.0476. The number of rotatable bonds is 5. The Morgan fingerprint density at radius 3 is 2.34 bits per heavy atom. The van der Waals surface area contributed by atoms with Crippen molar-refractivity contribution in [3.63, 3.8) is 0 Å². The molecule has 1 aliphatic rings. The van der Waals surface area contributed by atoms with Crippen molar-refractivity contribution in [3.8, 4) is 11.5 Å². The molecule has 0 unspecified atom stereocenters. The molecular weight excluding hydrogens is 376 g/mol. The molecule has 0 saturated heterocycles. The van der Waals surface area contributed by atoms with Crippen LogP contribution in [0.5, 0.6) is 11.5 Å². The molecule has 2 aromatic carbocycles. The van der Waals surface area contributed by atoms with E-state index in [1.807, 2.05) is 0 Å². The molecule has 2 heterocycles. The second-order valence-corrected chi connectivity index (χ2v) is 5.99. The number of hydrogen-bond acceptors (Lipinski definition) is 7. The lowest BCUT2D eigenvalue weighted by atomic mass is 10.1. The molecule has 0 aliphatic carbocycles. The van der Waals surface area contributed by atoms with E-state index in [2.05, 4.69) is 5.10 Å². The van der Waals surface area contributed by atoms with Gasteiger partial charge in [0.25, 0.3) is 11.8 Å². The summed E-state index contributed by atoms with van der Waals surface area (Å²) in [6.07, 6.45) is 2.72. The summed E-state index contributed by atoms with van der Waals surface area (Å²) >= 11 is 0. The van der Waals surface area contributed by atoms with Gasteiger partial charge >= 0.3 is 5.97 Å². The molecule has 1 aromatic heterocycles. The first-order valence-electron chi connectivity index (χ1n) is 8.54. The minimum atomic E-state index is -0.666. The predicted octanol–water partition coefficient (Wildman–Crippen LogP) is 3.14. The van der Waals surface area contributed by atoms with Gasteiger partial charge in [-0.2, -0.15) is 10.1 Å². The maximum atomic E-state index is 12.3. The molecule has 144 valence electrons. The molecule has 0 spiro atoms. The second-order valence-electron chi connectivity index (χ2n) is 5.99. The Morgan fingerprint density at radius 1 is 1.00 bits per heavy atom. The molecule has 0 bridgehead atoms. The van der Waals surface area contributed by atoms with Crippen LogP contribution in [0, 0.1) is 0 Å². The Bertz CT molecular complexity index is 1100. The monoisotopic (exact) mass is 390 g/mol. The number of imide groups is 1. The van der Waals surface area contributed by atoms with Gasteiger partial charge in [0, 0.05) is 0 Å². The molecule has 0 atom stereocenters. The van der Waals surface area contributed by atoms with Crippen LogP contribution in [0.3, 0.4) is 0 Å². The summed E-state index contributed by atoms with van der Waals surface area (Å²) < 4.78 is 15.5. The first-order valence-corrected chi connectivity index (χ1v) is 8.54. The maximum Gasteiger partial charge on any atom is 0.379 e. The van der Waals surface area contributed by atoms with E-state index in [1.54, 1.807) is 42.5 Å². The second kappa shape index (κ2) is 7.43. The van der Waals surface area contributed by atoms with Crippen LogP contribution < -0.4 is 9.47 Å². The highest BCUT2D eigenvalue weighted by molar-refractivity contribution is 6.21. The van der Waals surface area contributed by atoms with Gasteiger partial charge in [0.15, 0.2) is 11.5 Å². The van der Waals surface area contributed by atoms with Crippen molar-refractivity contribution in [1.82, 2.24) is 5.01 Å². The number of esters is 1. The van der Waals surface area contributed by atoms with Crippen LogP contribution in [0.1, 0.15) is 36.8 Å². The smallest absolute Gasteiger partial charge is 0.379 e. The summed E-state index contributed by atoms with van der Waals surface area (Å²) in [6.45, 7) is 0. The van der Waals surface area contributed by atoms with Crippen molar-refractivity contribution in [2.45, 2.75) is 0 Å². The lowest BCUT2D eigenvalue weighted by Gasteiger charge is -2.09. The van der Waals surface area contributed by atoms with Crippen LogP contribution in [0.2, 0.25) is 0 Å². The van der Waals surface area contributed by atoms with E-state index in [0.717, 1.165) is 5.01 Å². The van der Waals surface area contributed by atoms with E-state index < -0.39 is 17.8 Å². The normalized spacial score (nSPS) is 13.1. The van der Waals surface area contributed by atoms with E-state index in [9.17, 15) is 14.4 Å². The Hall–Kier alpha value is -4.20. The molecule has 0 saturated carbocycles. The Kier molecular flexibility index (Phi) is 4.66. The molecule has 2 amide bonds. The fourth-order valence-corrected chi connectivity index (χ4v) is 2.80. The van der Waals surface area contributed by atoms with Gasteiger partial charge in [-0.3, -0.25) is 9.59 Å². The summed E-state index contributed by atoms with van der Waals surface area (Å²) in [5.74, 6) is -1.12. The lowest BCUT2D eigenvalue weighted by molar-refractivity contribution is 0.0656. The van der Waals surface area contributed by atoms with E-state index in [4.69, 9.17) is 13.9 Å². The lowest BCUT2D eigenvalue weighted by Crippen LogP contribution is -2.24. The van der Waals surface area contributed by atoms with Gasteiger partial charge in [-0.05, 0) is 48.0 Å². The highest BCUT2D eigenvalue weighted by atomic mass is 16.6. The average Bonchev–Trinajstić information content (AvgIpc) is 3.36. The summed E-state index contributed by atoms with van der Waals surface area (Å²) in [6, 6.07) is 14.3. The third-order valence-electron chi connectivity index (χ3n) is 4.21. The minimum Gasteiger partial charge on any atom is -0.493 e. The van der Waals surface area contributed by atoms with Crippen LogP contribution in [-0.4, -0.2) is 36.1 Å². The third-order valence-corrected chi connectivity index (χ3v) is 4.21. The number of nitrogens with zero attached hydrogens (tertiary/aromatic N) is 2. The number of benzene rings is 2. The van der Waals surface area contributed by atoms with Gasteiger partial charge in [-0.25, -0.2) is 4.79 Å². The van der Waals surface area contributed by atoms with Gasteiger partial charge in [-0.15, -0.1) is 0 Å². The Morgan fingerprint density at radius 2 is 1.72 bits per heavy atom. The number of ether oxygens (including phenoxy) is 2. The maximum absolute atomic E-state index is 12.3. The number of fused-ring (bicyclic) bond motifs is 1. The number of hydrazone groups is 1. The highest BCUT2D eigenvalue weighted by Crippen LogP contribution is 2.29. The number of hydrogen-bond donors (Lipinski definition) is 0. The zero-order valence-electron chi connectivity index (χ0n) is 15.2. The first kappa shape index (κ1) is 18.2. The summed E-state index contributed by atoms with van der Waals surface area (Å²) in [4.78, 5) is 36.7. The highest BCUT2D eigenvalue weighted by Gasteiger charge is 2.35. The summed E-state index contributed by atoms with van der Waals surface area (Å²) in [5, 5.41) is 4.82. The number of carbonyl (C=O) groups excluding carboxylic acids is 3. The van der Waals surface area contributed by atoms with E-state index >= 15 is 0 Å². The Labute approximate surface area is 164 Å².